The summed E-state index contributed by atoms with van der Waals surface area (Å²) in [5.41, 5.74) is 0.338. The Morgan fingerprint density at radius 2 is 1.77 bits per heavy atom. The van der Waals surface area contributed by atoms with E-state index in [2.05, 4.69) is 10.1 Å². The molecule has 0 aromatic heterocycles. The van der Waals surface area contributed by atoms with Crippen LogP contribution in [0.3, 0.4) is 0 Å². The molecule has 0 unspecified atom stereocenters. The van der Waals surface area contributed by atoms with E-state index in [1.165, 1.54) is 35.7 Å². The van der Waals surface area contributed by atoms with Gasteiger partial charge >= 0.3 is 5.97 Å². The summed E-state index contributed by atoms with van der Waals surface area (Å²) in [6.07, 6.45) is 1.60. The number of hydrogen-bond donors (Lipinski definition) is 1. The van der Waals surface area contributed by atoms with Crippen LogP contribution in [-0.4, -0.2) is 52.0 Å². The third-order valence-electron chi connectivity index (χ3n) is 3.78. The van der Waals surface area contributed by atoms with Crippen molar-refractivity contribution in [3.8, 4) is 0 Å². The Morgan fingerprint density at radius 3 is 2.23 bits per heavy atom. The SMILES string of the molecule is CNC1CCN(S(=O)(=O)c2ccc(C(=O)OC)cc2)CC1.Cl. The Hall–Kier alpha value is -1.15. The van der Waals surface area contributed by atoms with Crippen LogP contribution >= 0.6 is 12.4 Å². The number of hydrogen-bond acceptors (Lipinski definition) is 5. The zero-order chi connectivity index (χ0) is 15.5. The van der Waals surface area contributed by atoms with Gasteiger partial charge in [-0.05, 0) is 44.2 Å². The quantitative estimate of drug-likeness (QED) is 0.829. The molecular formula is C14H21ClN2O4S. The molecule has 1 fully saturated rings. The number of ether oxygens (including phenoxy) is 1. The van der Waals surface area contributed by atoms with Gasteiger partial charge in [0, 0.05) is 19.1 Å². The Balaban J connectivity index is 0.00000242. The first-order chi connectivity index (χ1) is 9.98. The first-order valence-electron chi connectivity index (χ1n) is 6.85. The highest BCUT2D eigenvalue weighted by molar-refractivity contribution is 7.89. The minimum atomic E-state index is -3.49. The fraction of sp³-hybridized carbons (Fsp3) is 0.500. The van der Waals surface area contributed by atoms with E-state index in [0.29, 0.717) is 24.7 Å². The van der Waals surface area contributed by atoms with Gasteiger partial charge in [-0.3, -0.25) is 0 Å². The molecule has 1 heterocycles. The number of methoxy groups -OCH3 is 1. The van der Waals surface area contributed by atoms with Crippen molar-refractivity contribution < 1.29 is 17.9 Å². The number of piperidine rings is 1. The van der Waals surface area contributed by atoms with Gasteiger partial charge in [-0.15, -0.1) is 12.4 Å². The third-order valence-corrected chi connectivity index (χ3v) is 5.69. The van der Waals surface area contributed by atoms with Crippen molar-refractivity contribution in [2.24, 2.45) is 0 Å². The number of carbonyl (C=O) groups is 1. The molecule has 22 heavy (non-hydrogen) atoms. The van der Waals surface area contributed by atoms with Crippen molar-refractivity contribution in [3.63, 3.8) is 0 Å². The molecule has 6 nitrogen and oxygen atoms in total. The van der Waals surface area contributed by atoms with Crippen molar-refractivity contribution in [2.75, 3.05) is 27.2 Å². The summed E-state index contributed by atoms with van der Waals surface area (Å²) in [5.74, 6) is -0.478. The van der Waals surface area contributed by atoms with Crippen LogP contribution in [0.25, 0.3) is 0 Å². The maximum atomic E-state index is 12.5. The molecule has 1 saturated heterocycles. The molecule has 1 aromatic rings. The molecule has 0 aliphatic carbocycles. The predicted molar refractivity (Wildman–Crippen MR) is 85.9 cm³/mol. The third kappa shape index (κ3) is 3.98. The zero-order valence-electron chi connectivity index (χ0n) is 12.6. The summed E-state index contributed by atoms with van der Waals surface area (Å²) in [4.78, 5) is 11.6. The standard InChI is InChI=1S/C14H20N2O4S.ClH/c1-15-12-7-9-16(10-8-12)21(18,19)13-5-3-11(4-6-13)14(17)20-2;/h3-6,12,15H,7-10H2,1-2H3;1H. The Morgan fingerprint density at radius 1 is 1.23 bits per heavy atom. The van der Waals surface area contributed by atoms with Crippen molar-refractivity contribution in [1.29, 1.82) is 0 Å². The monoisotopic (exact) mass is 348 g/mol. The Kier molecular flexibility index (Phi) is 6.80. The molecule has 8 heteroatoms. The number of benzene rings is 1. The Bertz CT molecular complexity index is 596. The first-order valence-corrected chi connectivity index (χ1v) is 8.29. The highest BCUT2D eigenvalue weighted by Gasteiger charge is 2.28. The second-order valence-electron chi connectivity index (χ2n) is 4.98. The van der Waals surface area contributed by atoms with Crippen LogP contribution in [0.2, 0.25) is 0 Å². The van der Waals surface area contributed by atoms with Crippen LogP contribution in [0.5, 0.6) is 0 Å². The second-order valence-corrected chi connectivity index (χ2v) is 6.92. The largest absolute Gasteiger partial charge is 0.465 e. The predicted octanol–water partition coefficient (Wildman–Crippen LogP) is 1.27. The lowest BCUT2D eigenvalue weighted by Gasteiger charge is -2.30. The molecule has 0 spiro atoms. The molecule has 0 saturated carbocycles. The molecule has 0 amide bonds. The molecular weight excluding hydrogens is 328 g/mol. The molecule has 2 rings (SSSR count). The lowest BCUT2D eigenvalue weighted by Crippen LogP contribution is -2.43. The van der Waals surface area contributed by atoms with Gasteiger partial charge in [-0.1, -0.05) is 0 Å². The number of carbonyl (C=O) groups excluding carboxylic acids is 1. The van der Waals surface area contributed by atoms with Crippen LogP contribution < -0.4 is 5.32 Å². The van der Waals surface area contributed by atoms with E-state index in [1.54, 1.807) is 0 Å². The molecule has 124 valence electrons. The number of rotatable bonds is 4. The van der Waals surface area contributed by atoms with Crippen LogP contribution in [0, 0.1) is 0 Å². The van der Waals surface area contributed by atoms with E-state index in [1.807, 2.05) is 7.05 Å². The molecule has 1 aliphatic heterocycles. The summed E-state index contributed by atoms with van der Waals surface area (Å²) >= 11 is 0. The lowest BCUT2D eigenvalue weighted by atomic mass is 10.1. The number of nitrogens with zero attached hydrogens (tertiary/aromatic N) is 1. The zero-order valence-corrected chi connectivity index (χ0v) is 14.2. The van der Waals surface area contributed by atoms with Gasteiger partial charge in [0.15, 0.2) is 0 Å². The van der Waals surface area contributed by atoms with Gasteiger partial charge in [-0.2, -0.15) is 4.31 Å². The smallest absolute Gasteiger partial charge is 0.337 e. The fourth-order valence-electron chi connectivity index (χ4n) is 2.41. The molecule has 1 aromatic carbocycles. The van der Waals surface area contributed by atoms with E-state index in [9.17, 15) is 13.2 Å². The summed E-state index contributed by atoms with van der Waals surface area (Å²) in [5, 5.41) is 3.17. The highest BCUT2D eigenvalue weighted by Crippen LogP contribution is 2.21. The normalized spacial score (nSPS) is 16.8. The minimum absolute atomic E-state index is 0. The van der Waals surface area contributed by atoms with Crippen LogP contribution in [0.1, 0.15) is 23.2 Å². The van der Waals surface area contributed by atoms with E-state index >= 15 is 0 Å². The fourth-order valence-corrected chi connectivity index (χ4v) is 3.88. The molecule has 0 atom stereocenters. The van der Waals surface area contributed by atoms with Crippen molar-refractivity contribution >= 4 is 28.4 Å². The summed E-state index contributed by atoms with van der Waals surface area (Å²) in [6.45, 7) is 1.01. The van der Waals surface area contributed by atoms with Gasteiger partial charge in [0.25, 0.3) is 0 Å². The maximum Gasteiger partial charge on any atom is 0.337 e. The minimum Gasteiger partial charge on any atom is -0.465 e. The van der Waals surface area contributed by atoms with Crippen molar-refractivity contribution in [1.82, 2.24) is 9.62 Å². The maximum absolute atomic E-state index is 12.5. The Labute approximate surface area is 137 Å². The summed E-state index contributed by atoms with van der Waals surface area (Å²) in [6, 6.07) is 6.22. The number of halogens is 1. The van der Waals surface area contributed by atoms with E-state index in [4.69, 9.17) is 0 Å². The average molecular weight is 349 g/mol. The van der Waals surface area contributed by atoms with Crippen LogP contribution in [-0.2, 0) is 14.8 Å². The van der Waals surface area contributed by atoms with Gasteiger partial charge in [-0.25, -0.2) is 13.2 Å². The second kappa shape index (κ2) is 7.92. The van der Waals surface area contributed by atoms with Crippen LogP contribution in [0.4, 0.5) is 0 Å². The van der Waals surface area contributed by atoms with Gasteiger partial charge in [0.1, 0.15) is 0 Å². The number of sulfonamides is 1. The highest BCUT2D eigenvalue weighted by atomic mass is 35.5. The van der Waals surface area contributed by atoms with Crippen molar-refractivity contribution in [3.05, 3.63) is 29.8 Å². The molecule has 0 bridgehead atoms. The summed E-state index contributed by atoms with van der Waals surface area (Å²) in [7, 11) is -0.310. The van der Waals surface area contributed by atoms with E-state index in [0.717, 1.165) is 12.8 Å². The molecule has 0 radical (unpaired) electrons. The average Bonchev–Trinajstić information content (AvgIpc) is 2.54. The number of esters is 1. The first kappa shape index (κ1) is 18.9. The summed E-state index contributed by atoms with van der Waals surface area (Å²) < 4.78 is 31.1. The van der Waals surface area contributed by atoms with Crippen LogP contribution in [0.15, 0.2) is 29.2 Å². The topological polar surface area (TPSA) is 75.7 Å². The van der Waals surface area contributed by atoms with Gasteiger partial charge in [0.2, 0.25) is 10.0 Å². The van der Waals surface area contributed by atoms with Crippen molar-refractivity contribution in [2.45, 2.75) is 23.8 Å². The van der Waals surface area contributed by atoms with E-state index < -0.39 is 16.0 Å². The number of nitrogens with one attached hydrogen (secondary N) is 1. The van der Waals surface area contributed by atoms with Gasteiger partial charge < -0.3 is 10.1 Å². The molecule has 1 N–H and O–H groups in total. The van der Waals surface area contributed by atoms with Gasteiger partial charge in [0.05, 0.1) is 17.6 Å². The molecule has 1 aliphatic rings. The lowest BCUT2D eigenvalue weighted by molar-refractivity contribution is 0.0600. The van der Waals surface area contributed by atoms with E-state index in [-0.39, 0.29) is 17.3 Å².